The molecule has 0 aliphatic heterocycles. The molecule has 0 aliphatic rings. The lowest BCUT2D eigenvalue weighted by Crippen LogP contribution is -2.50. The molecule has 0 saturated heterocycles. The summed E-state index contributed by atoms with van der Waals surface area (Å²) >= 11 is 0. The van der Waals surface area contributed by atoms with Crippen LogP contribution in [0.2, 0.25) is 0 Å². The predicted molar refractivity (Wildman–Crippen MR) is 159 cm³/mol. The number of benzene rings is 3. The third kappa shape index (κ3) is 8.32. The Balaban J connectivity index is 1.88. The standard InChI is InChI=1S/C31H39N3O5S/c1-5-32-31(36)28(22-25-15-7-6-8-16-25)33(23-26-17-10-9-14-24(26)2)30(35)20-13-21-34(40(4,37)38)27-18-11-12-19-29(27)39-3/h6-12,14-19,28H,5,13,20-23H2,1-4H3,(H,32,36). The lowest BCUT2D eigenvalue weighted by atomic mass is 10.0. The quantitative estimate of drug-likeness (QED) is 0.314. The third-order valence-corrected chi connectivity index (χ3v) is 7.91. The van der Waals surface area contributed by atoms with Gasteiger partial charge in [0, 0.05) is 32.5 Å². The molecule has 0 spiro atoms. The molecule has 214 valence electrons. The van der Waals surface area contributed by atoms with Crippen LogP contribution in [0.15, 0.2) is 78.9 Å². The molecule has 0 saturated carbocycles. The molecule has 9 heteroatoms. The van der Waals surface area contributed by atoms with Crippen LogP contribution < -0.4 is 14.4 Å². The SMILES string of the molecule is CCNC(=O)C(Cc1ccccc1)N(Cc1ccccc1C)C(=O)CCCN(c1ccccc1OC)S(C)(=O)=O. The van der Waals surface area contributed by atoms with Crippen LogP contribution in [0, 0.1) is 6.92 Å². The van der Waals surface area contributed by atoms with Crippen molar-refractivity contribution in [3.05, 3.63) is 95.6 Å². The van der Waals surface area contributed by atoms with Gasteiger partial charge in [-0.25, -0.2) is 8.42 Å². The zero-order chi connectivity index (χ0) is 29.1. The third-order valence-electron chi connectivity index (χ3n) is 6.73. The van der Waals surface area contributed by atoms with Crippen molar-refractivity contribution in [2.45, 2.75) is 45.7 Å². The number of para-hydroxylation sites is 2. The minimum Gasteiger partial charge on any atom is -0.495 e. The first-order chi connectivity index (χ1) is 19.2. The summed E-state index contributed by atoms with van der Waals surface area (Å²) in [4.78, 5) is 28.8. The van der Waals surface area contributed by atoms with E-state index in [9.17, 15) is 18.0 Å². The summed E-state index contributed by atoms with van der Waals surface area (Å²) in [6, 6.07) is 23.6. The second kappa shape index (κ2) is 14.5. The Morgan fingerprint density at radius 3 is 2.25 bits per heavy atom. The maximum Gasteiger partial charge on any atom is 0.243 e. The van der Waals surface area contributed by atoms with Crippen molar-refractivity contribution >= 4 is 27.5 Å². The number of nitrogens with zero attached hydrogens (tertiary/aromatic N) is 2. The smallest absolute Gasteiger partial charge is 0.243 e. The topological polar surface area (TPSA) is 96.0 Å². The molecule has 3 aromatic carbocycles. The fraction of sp³-hybridized carbons (Fsp3) is 0.355. The lowest BCUT2D eigenvalue weighted by Gasteiger charge is -2.32. The Hall–Kier alpha value is -3.85. The molecule has 1 atom stereocenters. The van der Waals surface area contributed by atoms with E-state index in [1.807, 2.05) is 68.4 Å². The van der Waals surface area contributed by atoms with Gasteiger partial charge in [0.25, 0.3) is 0 Å². The fourth-order valence-electron chi connectivity index (χ4n) is 4.64. The first-order valence-corrected chi connectivity index (χ1v) is 15.3. The number of methoxy groups -OCH3 is 1. The molecule has 0 aromatic heterocycles. The lowest BCUT2D eigenvalue weighted by molar-refractivity contribution is -0.141. The zero-order valence-electron chi connectivity index (χ0n) is 23.7. The highest BCUT2D eigenvalue weighted by atomic mass is 32.2. The average molecular weight is 566 g/mol. The number of aryl methyl sites for hydroxylation is 1. The maximum atomic E-state index is 13.8. The molecule has 1 unspecified atom stereocenters. The second-order valence-electron chi connectivity index (χ2n) is 9.66. The van der Waals surface area contributed by atoms with Gasteiger partial charge in [0.15, 0.2) is 0 Å². The number of carbonyl (C=O) groups excluding carboxylic acids is 2. The molecule has 0 aliphatic carbocycles. The summed E-state index contributed by atoms with van der Waals surface area (Å²) in [7, 11) is -2.15. The van der Waals surface area contributed by atoms with E-state index in [0.717, 1.165) is 22.9 Å². The minimum absolute atomic E-state index is 0.0672. The summed E-state index contributed by atoms with van der Waals surface area (Å²) in [6.45, 7) is 4.63. The van der Waals surface area contributed by atoms with Crippen LogP contribution in [0.25, 0.3) is 0 Å². The number of nitrogens with one attached hydrogen (secondary N) is 1. The second-order valence-corrected chi connectivity index (χ2v) is 11.6. The van der Waals surface area contributed by atoms with Gasteiger partial charge in [-0.2, -0.15) is 0 Å². The molecule has 8 nitrogen and oxygen atoms in total. The first-order valence-electron chi connectivity index (χ1n) is 13.4. The van der Waals surface area contributed by atoms with Gasteiger partial charge >= 0.3 is 0 Å². The number of hydrogen-bond acceptors (Lipinski definition) is 5. The summed E-state index contributed by atoms with van der Waals surface area (Å²) in [6.07, 6.45) is 1.83. The molecule has 0 fully saturated rings. The molecule has 3 rings (SSSR count). The van der Waals surface area contributed by atoms with E-state index < -0.39 is 16.1 Å². The van der Waals surface area contributed by atoms with Gasteiger partial charge in [0.05, 0.1) is 19.1 Å². The number of rotatable bonds is 14. The number of sulfonamides is 1. The van der Waals surface area contributed by atoms with E-state index in [1.54, 1.807) is 29.2 Å². The predicted octanol–water partition coefficient (Wildman–Crippen LogP) is 4.33. The van der Waals surface area contributed by atoms with Crippen LogP contribution in [0.1, 0.15) is 36.5 Å². The van der Waals surface area contributed by atoms with Crippen LogP contribution in [0.3, 0.4) is 0 Å². The van der Waals surface area contributed by atoms with Gasteiger partial charge in [0.1, 0.15) is 11.8 Å². The molecule has 0 radical (unpaired) electrons. The summed E-state index contributed by atoms with van der Waals surface area (Å²) in [5, 5.41) is 2.90. The van der Waals surface area contributed by atoms with Crippen LogP contribution in [0.5, 0.6) is 5.75 Å². The van der Waals surface area contributed by atoms with Crippen molar-refractivity contribution in [2.75, 3.05) is 30.8 Å². The van der Waals surface area contributed by atoms with E-state index >= 15 is 0 Å². The highest BCUT2D eigenvalue weighted by molar-refractivity contribution is 7.92. The fourth-order valence-corrected chi connectivity index (χ4v) is 5.60. The molecule has 3 aromatic rings. The van der Waals surface area contributed by atoms with Crippen molar-refractivity contribution in [3.8, 4) is 5.75 Å². The molecule has 2 amide bonds. The number of carbonyl (C=O) groups is 2. The van der Waals surface area contributed by atoms with Crippen LogP contribution in [-0.2, 0) is 32.6 Å². The van der Waals surface area contributed by atoms with Gasteiger partial charge in [-0.15, -0.1) is 0 Å². The van der Waals surface area contributed by atoms with E-state index in [-0.39, 0.29) is 37.7 Å². The van der Waals surface area contributed by atoms with E-state index in [2.05, 4.69) is 5.32 Å². The Morgan fingerprint density at radius 2 is 1.60 bits per heavy atom. The van der Waals surface area contributed by atoms with E-state index in [1.165, 1.54) is 11.4 Å². The highest BCUT2D eigenvalue weighted by Crippen LogP contribution is 2.30. The number of likely N-dealkylation sites (N-methyl/N-ethyl adjacent to an activating group) is 1. The number of hydrogen-bond donors (Lipinski definition) is 1. The minimum atomic E-state index is -3.64. The average Bonchev–Trinajstić information content (AvgIpc) is 2.94. The number of amides is 2. The monoisotopic (exact) mass is 565 g/mol. The van der Waals surface area contributed by atoms with Crippen LogP contribution >= 0.6 is 0 Å². The molecule has 0 heterocycles. The van der Waals surface area contributed by atoms with Gasteiger partial charge in [-0.1, -0.05) is 66.7 Å². The first kappa shape index (κ1) is 30.7. The highest BCUT2D eigenvalue weighted by Gasteiger charge is 2.30. The van der Waals surface area contributed by atoms with Crippen molar-refractivity contribution in [1.82, 2.24) is 10.2 Å². The van der Waals surface area contributed by atoms with Gasteiger partial charge in [-0.3, -0.25) is 13.9 Å². The van der Waals surface area contributed by atoms with Crippen molar-refractivity contribution in [2.24, 2.45) is 0 Å². The van der Waals surface area contributed by atoms with E-state index in [0.29, 0.717) is 24.4 Å². The number of ether oxygens (including phenoxy) is 1. The Bertz CT molecular complexity index is 1380. The van der Waals surface area contributed by atoms with Crippen molar-refractivity contribution < 1.29 is 22.7 Å². The molecular weight excluding hydrogens is 526 g/mol. The zero-order valence-corrected chi connectivity index (χ0v) is 24.5. The van der Waals surface area contributed by atoms with E-state index in [4.69, 9.17) is 4.74 Å². The molecular formula is C31H39N3O5S. The Labute approximate surface area is 238 Å². The Kier molecular flexibility index (Phi) is 11.1. The Morgan fingerprint density at radius 1 is 0.950 bits per heavy atom. The largest absolute Gasteiger partial charge is 0.495 e. The normalized spacial score (nSPS) is 11.9. The van der Waals surface area contributed by atoms with Crippen molar-refractivity contribution in [1.29, 1.82) is 0 Å². The maximum absolute atomic E-state index is 13.8. The summed E-state index contributed by atoms with van der Waals surface area (Å²) in [5.74, 6) is -0.0106. The molecule has 1 N–H and O–H groups in total. The van der Waals surface area contributed by atoms with Crippen LogP contribution in [0.4, 0.5) is 5.69 Å². The number of anilines is 1. The molecule has 40 heavy (non-hydrogen) atoms. The van der Waals surface area contributed by atoms with Gasteiger partial charge in [-0.05, 0) is 49.1 Å². The van der Waals surface area contributed by atoms with Crippen molar-refractivity contribution in [3.63, 3.8) is 0 Å². The molecule has 0 bridgehead atoms. The van der Waals surface area contributed by atoms with Gasteiger partial charge in [0.2, 0.25) is 21.8 Å². The summed E-state index contributed by atoms with van der Waals surface area (Å²) in [5.41, 5.74) is 3.33. The van der Waals surface area contributed by atoms with Gasteiger partial charge < -0.3 is 15.0 Å². The van der Waals surface area contributed by atoms with Crippen LogP contribution in [-0.4, -0.2) is 57.6 Å². The summed E-state index contributed by atoms with van der Waals surface area (Å²) < 4.78 is 32.0.